The highest BCUT2D eigenvalue weighted by molar-refractivity contribution is 7.99. The van der Waals surface area contributed by atoms with Gasteiger partial charge in [-0.3, -0.25) is 4.90 Å². The van der Waals surface area contributed by atoms with Gasteiger partial charge in [0, 0.05) is 30.1 Å². The van der Waals surface area contributed by atoms with E-state index in [2.05, 4.69) is 18.0 Å². The molecule has 0 aliphatic carbocycles. The summed E-state index contributed by atoms with van der Waals surface area (Å²) in [5.74, 6) is 3.35. The largest absolute Gasteiger partial charge is 0.497 e. The second-order valence-electron chi connectivity index (χ2n) is 4.50. The first-order valence-electron chi connectivity index (χ1n) is 5.91. The third-order valence-corrected chi connectivity index (χ3v) is 4.45. The summed E-state index contributed by atoms with van der Waals surface area (Å²) >= 11 is 2.04. The molecule has 1 unspecified atom stereocenters. The molecule has 1 heterocycles. The normalized spacial score (nSPS) is 19.8. The maximum atomic E-state index is 6.03. The van der Waals surface area contributed by atoms with Crippen LogP contribution in [0.15, 0.2) is 18.2 Å². The highest BCUT2D eigenvalue weighted by Gasteiger charge is 2.20. The van der Waals surface area contributed by atoms with E-state index in [1.807, 2.05) is 23.9 Å². The van der Waals surface area contributed by atoms with Gasteiger partial charge in [-0.2, -0.15) is 11.8 Å². The highest BCUT2D eigenvalue weighted by Crippen LogP contribution is 2.25. The molecule has 1 aliphatic heterocycles. The van der Waals surface area contributed by atoms with Crippen LogP contribution in [0.4, 0.5) is 5.69 Å². The van der Waals surface area contributed by atoms with Gasteiger partial charge < -0.3 is 10.5 Å². The van der Waals surface area contributed by atoms with Gasteiger partial charge in [-0.1, -0.05) is 6.07 Å². The van der Waals surface area contributed by atoms with Crippen molar-refractivity contribution in [3.8, 4) is 5.75 Å². The van der Waals surface area contributed by atoms with E-state index in [9.17, 15) is 0 Å². The van der Waals surface area contributed by atoms with Crippen LogP contribution in [0.2, 0.25) is 0 Å². The van der Waals surface area contributed by atoms with Crippen LogP contribution in [0.1, 0.15) is 12.0 Å². The molecule has 1 fully saturated rings. The summed E-state index contributed by atoms with van der Waals surface area (Å²) in [4.78, 5) is 2.40. The fourth-order valence-electron chi connectivity index (χ4n) is 2.11. The lowest BCUT2D eigenvalue weighted by Crippen LogP contribution is -2.31. The van der Waals surface area contributed by atoms with E-state index in [0.717, 1.165) is 18.0 Å². The van der Waals surface area contributed by atoms with Crippen molar-refractivity contribution in [3.05, 3.63) is 23.8 Å². The number of ether oxygens (including phenoxy) is 1. The summed E-state index contributed by atoms with van der Waals surface area (Å²) in [6, 6.07) is 6.63. The van der Waals surface area contributed by atoms with Crippen LogP contribution in [0, 0.1) is 0 Å². The third-order valence-electron chi connectivity index (χ3n) is 3.30. The Morgan fingerprint density at radius 1 is 1.53 bits per heavy atom. The predicted molar refractivity (Wildman–Crippen MR) is 74.6 cm³/mol. The summed E-state index contributed by atoms with van der Waals surface area (Å²) in [5.41, 5.74) is 8.04. The number of hydrogen-bond donors (Lipinski definition) is 1. The molecule has 94 valence electrons. The number of anilines is 1. The lowest BCUT2D eigenvalue weighted by atomic mass is 10.1. The van der Waals surface area contributed by atoms with E-state index in [-0.39, 0.29) is 0 Å². The zero-order chi connectivity index (χ0) is 12.3. The van der Waals surface area contributed by atoms with Crippen molar-refractivity contribution < 1.29 is 4.74 Å². The molecule has 2 N–H and O–H groups in total. The lowest BCUT2D eigenvalue weighted by molar-refractivity contribution is 0.255. The smallest absolute Gasteiger partial charge is 0.120 e. The molecule has 0 saturated carbocycles. The van der Waals surface area contributed by atoms with E-state index in [1.54, 1.807) is 7.11 Å². The fraction of sp³-hybridized carbons (Fsp3) is 0.538. The summed E-state index contributed by atoms with van der Waals surface area (Å²) < 4.78 is 5.16. The summed E-state index contributed by atoms with van der Waals surface area (Å²) in [6.45, 7) is 0.918. The quantitative estimate of drug-likeness (QED) is 0.834. The van der Waals surface area contributed by atoms with Crippen molar-refractivity contribution >= 4 is 17.4 Å². The minimum absolute atomic E-state index is 0.696. The van der Waals surface area contributed by atoms with Crippen LogP contribution < -0.4 is 10.5 Å². The van der Waals surface area contributed by atoms with Crippen molar-refractivity contribution in [1.29, 1.82) is 0 Å². The Hall–Kier alpha value is -0.870. The third kappa shape index (κ3) is 3.07. The van der Waals surface area contributed by atoms with Gasteiger partial charge in [0.2, 0.25) is 0 Å². The maximum absolute atomic E-state index is 6.03. The Labute approximate surface area is 107 Å². The minimum Gasteiger partial charge on any atom is -0.497 e. The molecule has 0 bridgehead atoms. The van der Waals surface area contributed by atoms with E-state index in [4.69, 9.17) is 10.5 Å². The van der Waals surface area contributed by atoms with Crippen molar-refractivity contribution in [2.75, 3.05) is 31.4 Å². The number of nitrogen functional groups attached to an aromatic ring is 1. The molecular formula is C13H20N2OS. The highest BCUT2D eigenvalue weighted by atomic mass is 32.2. The summed E-state index contributed by atoms with van der Waals surface area (Å²) in [7, 11) is 3.84. The van der Waals surface area contributed by atoms with Crippen molar-refractivity contribution in [2.45, 2.75) is 19.0 Å². The predicted octanol–water partition coefficient (Wildman–Crippen LogP) is 2.21. The zero-order valence-electron chi connectivity index (χ0n) is 10.5. The van der Waals surface area contributed by atoms with Crippen molar-refractivity contribution in [2.24, 2.45) is 0 Å². The molecule has 1 atom stereocenters. The van der Waals surface area contributed by atoms with Gasteiger partial charge in [0.15, 0.2) is 0 Å². The van der Waals surface area contributed by atoms with Gasteiger partial charge in [0.1, 0.15) is 5.75 Å². The van der Waals surface area contributed by atoms with Gasteiger partial charge >= 0.3 is 0 Å². The second kappa shape index (κ2) is 5.65. The second-order valence-corrected chi connectivity index (χ2v) is 5.65. The number of benzene rings is 1. The van der Waals surface area contributed by atoms with Crippen LogP contribution >= 0.6 is 11.8 Å². The van der Waals surface area contributed by atoms with Gasteiger partial charge in [-0.15, -0.1) is 0 Å². The fourth-order valence-corrected chi connectivity index (χ4v) is 3.41. The van der Waals surface area contributed by atoms with E-state index in [0.29, 0.717) is 6.04 Å². The standard InChI is InChI=1S/C13H20N2OS/c1-15(11-5-6-17-9-11)8-10-3-4-12(16-2)7-13(10)14/h3-4,7,11H,5-6,8-9,14H2,1-2H3. The number of nitrogens with zero attached hydrogens (tertiary/aromatic N) is 1. The molecule has 1 aromatic rings. The van der Waals surface area contributed by atoms with Crippen LogP contribution in [-0.4, -0.2) is 36.6 Å². The molecule has 1 aliphatic rings. The van der Waals surface area contributed by atoms with E-state index >= 15 is 0 Å². The minimum atomic E-state index is 0.696. The molecule has 0 amide bonds. The Kier molecular flexibility index (Phi) is 4.18. The van der Waals surface area contributed by atoms with E-state index < -0.39 is 0 Å². The Morgan fingerprint density at radius 2 is 2.35 bits per heavy atom. The van der Waals surface area contributed by atoms with Crippen molar-refractivity contribution in [3.63, 3.8) is 0 Å². The number of rotatable bonds is 4. The van der Waals surface area contributed by atoms with Gasteiger partial charge in [0.05, 0.1) is 7.11 Å². The molecule has 0 radical (unpaired) electrons. The first kappa shape index (κ1) is 12.6. The maximum Gasteiger partial charge on any atom is 0.120 e. The molecular weight excluding hydrogens is 232 g/mol. The Balaban J connectivity index is 2.02. The molecule has 2 rings (SSSR count). The summed E-state index contributed by atoms with van der Waals surface area (Å²) in [5, 5.41) is 0. The molecule has 1 saturated heterocycles. The molecule has 3 nitrogen and oxygen atoms in total. The van der Waals surface area contributed by atoms with Crippen LogP contribution in [0.5, 0.6) is 5.75 Å². The van der Waals surface area contributed by atoms with Gasteiger partial charge in [-0.25, -0.2) is 0 Å². The first-order valence-corrected chi connectivity index (χ1v) is 7.06. The SMILES string of the molecule is COc1ccc(CN(C)C2CCSC2)c(N)c1. The monoisotopic (exact) mass is 252 g/mol. The Morgan fingerprint density at radius 3 is 2.94 bits per heavy atom. The number of hydrogen-bond acceptors (Lipinski definition) is 4. The molecule has 1 aromatic carbocycles. The topological polar surface area (TPSA) is 38.5 Å². The van der Waals surface area contributed by atoms with Crippen LogP contribution in [0.3, 0.4) is 0 Å². The first-order chi connectivity index (χ1) is 8.20. The average molecular weight is 252 g/mol. The summed E-state index contributed by atoms with van der Waals surface area (Å²) in [6.07, 6.45) is 1.29. The number of methoxy groups -OCH3 is 1. The van der Waals surface area contributed by atoms with Crippen molar-refractivity contribution in [1.82, 2.24) is 4.90 Å². The van der Waals surface area contributed by atoms with Crippen LogP contribution in [-0.2, 0) is 6.54 Å². The van der Waals surface area contributed by atoms with Crippen LogP contribution in [0.25, 0.3) is 0 Å². The molecule has 4 heteroatoms. The molecule has 17 heavy (non-hydrogen) atoms. The lowest BCUT2D eigenvalue weighted by Gasteiger charge is -2.24. The Bertz CT molecular complexity index is 378. The molecule has 0 spiro atoms. The number of nitrogens with two attached hydrogens (primary N) is 1. The molecule has 0 aromatic heterocycles. The van der Waals surface area contributed by atoms with E-state index in [1.165, 1.54) is 23.5 Å². The number of thioether (sulfide) groups is 1. The van der Waals surface area contributed by atoms with Gasteiger partial charge in [0.25, 0.3) is 0 Å². The van der Waals surface area contributed by atoms with Gasteiger partial charge in [-0.05, 0) is 30.9 Å². The zero-order valence-corrected chi connectivity index (χ0v) is 11.3. The average Bonchev–Trinajstić information content (AvgIpc) is 2.85.